The third kappa shape index (κ3) is 2.22. The van der Waals surface area contributed by atoms with E-state index in [4.69, 9.17) is 26.8 Å². The molecule has 0 spiro atoms. The van der Waals surface area contributed by atoms with E-state index in [0.717, 1.165) is 14.8 Å². The molecule has 18 heavy (non-hydrogen) atoms. The van der Waals surface area contributed by atoms with Crippen LogP contribution < -0.4 is 15.2 Å². The van der Waals surface area contributed by atoms with E-state index in [1.807, 2.05) is 0 Å². The van der Waals surface area contributed by atoms with Crippen molar-refractivity contribution in [1.29, 1.82) is 0 Å². The minimum atomic E-state index is 0.444. The number of aromatic nitrogens is 2. The summed E-state index contributed by atoms with van der Waals surface area (Å²) in [5.74, 6) is 1.64. The highest BCUT2D eigenvalue weighted by Crippen LogP contribution is 2.39. The number of ether oxygens (including phenoxy) is 2. The Bertz CT molecular complexity index is 586. The fraction of sp³-hybridized carbons (Fsp3) is 0.182. The van der Waals surface area contributed by atoms with Crippen LogP contribution in [0.25, 0.3) is 11.3 Å². The first-order chi connectivity index (χ1) is 8.58. The predicted molar refractivity (Wildman–Crippen MR) is 79.3 cm³/mol. The van der Waals surface area contributed by atoms with Gasteiger partial charge in [-0.1, -0.05) is 11.6 Å². The molecule has 0 fully saturated rings. The monoisotopic (exact) mass is 379 g/mol. The summed E-state index contributed by atoms with van der Waals surface area (Å²) in [6.07, 6.45) is 0. The molecular weight excluding hydrogens is 368 g/mol. The average Bonchev–Trinajstić information content (AvgIpc) is 2.70. The molecule has 0 amide bonds. The van der Waals surface area contributed by atoms with Crippen molar-refractivity contribution in [1.82, 2.24) is 10.2 Å². The zero-order chi connectivity index (χ0) is 13.3. The highest BCUT2D eigenvalue weighted by Gasteiger charge is 2.17. The highest BCUT2D eigenvalue weighted by molar-refractivity contribution is 14.1. The largest absolute Gasteiger partial charge is 0.496 e. The molecule has 5 nitrogen and oxygen atoms in total. The van der Waals surface area contributed by atoms with E-state index in [9.17, 15) is 0 Å². The maximum atomic E-state index is 6.12. The Kier molecular flexibility index (Phi) is 3.86. The molecule has 0 aliphatic carbocycles. The number of nitrogens with one attached hydrogen (secondary N) is 1. The third-order valence-corrected chi connectivity index (χ3v) is 3.86. The van der Waals surface area contributed by atoms with Crippen LogP contribution in [-0.4, -0.2) is 24.4 Å². The lowest BCUT2D eigenvalue weighted by Crippen LogP contribution is -1.93. The number of H-pyrrole nitrogens is 1. The predicted octanol–water partition coefficient (Wildman–Crippen LogP) is 2.93. The Hall–Kier alpha value is -1.15. The number of methoxy groups -OCH3 is 2. The maximum Gasteiger partial charge on any atom is 0.159 e. The van der Waals surface area contributed by atoms with Crippen LogP contribution in [-0.2, 0) is 0 Å². The molecular formula is C11H11ClIN3O2. The molecule has 2 rings (SSSR count). The second kappa shape index (κ2) is 5.23. The van der Waals surface area contributed by atoms with Crippen LogP contribution >= 0.6 is 34.2 Å². The lowest BCUT2D eigenvalue weighted by molar-refractivity contribution is 0.395. The number of halogens is 2. The van der Waals surface area contributed by atoms with Crippen molar-refractivity contribution in [2.24, 2.45) is 0 Å². The fourth-order valence-corrected chi connectivity index (χ4v) is 2.35. The molecule has 0 atom stereocenters. The Morgan fingerprint density at radius 2 is 1.94 bits per heavy atom. The number of nitrogen functional groups attached to an aromatic ring is 1. The third-order valence-electron chi connectivity index (χ3n) is 2.48. The van der Waals surface area contributed by atoms with Crippen molar-refractivity contribution in [3.05, 3.63) is 20.7 Å². The van der Waals surface area contributed by atoms with Crippen LogP contribution in [0.4, 0.5) is 5.82 Å². The Morgan fingerprint density at radius 3 is 2.44 bits per heavy atom. The van der Waals surface area contributed by atoms with E-state index >= 15 is 0 Å². The van der Waals surface area contributed by atoms with Gasteiger partial charge >= 0.3 is 0 Å². The summed E-state index contributed by atoms with van der Waals surface area (Å²) in [5, 5.41) is 7.32. The summed E-state index contributed by atoms with van der Waals surface area (Å²) < 4.78 is 11.3. The lowest BCUT2D eigenvalue weighted by Gasteiger charge is -2.11. The SMILES string of the molecule is COc1cc(OC)c(-c2[nH]nc(N)c2I)cc1Cl. The number of rotatable bonds is 3. The van der Waals surface area contributed by atoms with Crippen LogP contribution in [0.1, 0.15) is 0 Å². The van der Waals surface area contributed by atoms with Gasteiger partial charge in [-0.2, -0.15) is 5.10 Å². The van der Waals surface area contributed by atoms with Crippen molar-refractivity contribution >= 4 is 40.0 Å². The molecule has 0 radical (unpaired) electrons. The number of anilines is 1. The van der Waals surface area contributed by atoms with Gasteiger partial charge in [-0.3, -0.25) is 5.10 Å². The van der Waals surface area contributed by atoms with E-state index < -0.39 is 0 Å². The minimum absolute atomic E-state index is 0.444. The van der Waals surface area contributed by atoms with E-state index in [-0.39, 0.29) is 0 Å². The maximum absolute atomic E-state index is 6.12. The van der Waals surface area contributed by atoms with Gasteiger partial charge in [0.25, 0.3) is 0 Å². The summed E-state index contributed by atoms with van der Waals surface area (Å²) in [6.45, 7) is 0. The van der Waals surface area contributed by atoms with Gasteiger partial charge in [0.2, 0.25) is 0 Å². The topological polar surface area (TPSA) is 73.2 Å². The standard InChI is InChI=1S/C11H11ClIN3O2/c1-17-7-4-8(18-2)6(12)3-5(7)10-9(13)11(14)16-15-10/h3-4H,1-2H3,(H3,14,15,16). The van der Waals surface area contributed by atoms with Crippen LogP contribution in [0.2, 0.25) is 5.02 Å². The molecule has 0 aliphatic rings. The zero-order valence-corrected chi connectivity index (χ0v) is 12.7. The van der Waals surface area contributed by atoms with E-state index in [2.05, 4.69) is 32.8 Å². The number of aromatic amines is 1. The number of nitrogens with two attached hydrogens (primary N) is 1. The normalized spacial score (nSPS) is 10.4. The van der Waals surface area contributed by atoms with E-state index in [0.29, 0.717) is 22.3 Å². The van der Waals surface area contributed by atoms with E-state index in [1.165, 1.54) is 0 Å². The second-order valence-corrected chi connectivity index (χ2v) is 4.97. The molecule has 1 aromatic carbocycles. The number of benzene rings is 1. The first-order valence-electron chi connectivity index (χ1n) is 4.99. The van der Waals surface area contributed by atoms with Crippen molar-refractivity contribution in [3.63, 3.8) is 0 Å². The molecule has 7 heteroatoms. The molecule has 96 valence electrons. The van der Waals surface area contributed by atoms with Gasteiger partial charge < -0.3 is 15.2 Å². The fourth-order valence-electron chi connectivity index (χ4n) is 1.58. The molecule has 0 saturated carbocycles. The quantitative estimate of drug-likeness (QED) is 0.804. The van der Waals surface area contributed by atoms with Crippen LogP contribution in [0.15, 0.2) is 12.1 Å². The minimum Gasteiger partial charge on any atom is -0.496 e. The Labute approximate surface area is 123 Å². The van der Waals surface area contributed by atoms with Crippen molar-refractivity contribution in [2.45, 2.75) is 0 Å². The number of hydrogen-bond acceptors (Lipinski definition) is 4. The first kappa shape index (κ1) is 13.3. The van der Waals surface area contributed by atoms with Gasteiger partial charge in [0.15, 0.2) is 5.82 Å². The van der Waals surface area contributed by atoms with Gasteiger partial charge in [0, 0.05) is 11.6 Å². The summed E-state index contributed by atoms with van der Waals surface area (Å²) in [7, 11) is 3.14. The van der Waals surface area contributed by atoms with Gasteiger partial charge in [-0.25, -0.2) is 0 Å². The van der Waals surface area contributed by atoms with Crippen molar-refractivity contribution in [2.75, 3.05) is 20.0 Å². The van der Waals surface area contributed by atoms with Gasteiger partial charge in [-0.15, -0.1) is 0 Å². The van der Waals surface area contributed by atoms with Gasteiger partial charge in [0.1, 0.15) is 11.5 Å². The highest BCUT2D eigenvalue weighted by atomic mass is 127. The number of nitrogens with zero attached hydrogens (tertiary/aromatic N) is 1. The van der Waals surface area contributed by atoms with Gasteiger partial charge in [-0.05, 0) is 28.7 Å². The van der Waals surface area contributed by atoms with Gasteiger partial charge in [0.05, 0.1) is 28.5 Å². The molecule has 1 aromatic heterocycles. The van der Waals surface area contributed by atoms with Crippen LogP contribution in [0.3, 0.4) is 0 Å². The summed E-state index contributed by atoms with van der Waals surface area (Å²) in [6, 6.07) is 3.49. The number of hydrogen-bond donors (Lipinski definition) is 2. The summed E-state index contributed by atoms with van der Waals surface area (Å²) in [4.78, 5) is 0. The molecule has 0 saturated heterocycles. The summed E-state index contributed by atoms with van der Waals surface area (Å²) in [5.41, 5.74) is 7.28. The van der Waals surface area contributed by atoms with Crippen molar-refractivity contribution < 1.29 is 9.47 Å². The Morgan fingerprint density at radius 1 is 1.28 bits per heavy atom. The summed E-state index contributed by atoms with van der Waals surface area (Å²) >= 11 is 8.24. The molecule has 0 aliphatic heterocycles. The molecule has 3 N–H and O–H groups in total. The second-order valence-electron chi connectivity index (χ2n) is 3.48. The van der Waals surface area contributed by atoms with Crippen molar-refractivity contribution in [3.8, 4) is 22.8 Å². The van der Waals surface area contributed by atoms with Crippen LogP contribution in [0, 0.1) is 3.57 Å². The molecule has 1 heterocycles. The van der Waals surface area contributed by atoms with Crippen LogP contribution in [0.5, 0.6) is 11.5 Å². The molecule has 0 bridgehead atoms. The zero-order valence-electron chi connectivity index (χ0n) is 9.75. The Balaban J connectivity index is 2.63. The smallest absolute Gasteiger partial charge is 0.159 e. The lowest BCUT2D eigenvalue weighted by atomic mass is 10.1. The molecule has 2 aromatic rings. The average molecular weight is 380 g/mol. The molecule has 0 unspecified atom stereocenters. The van der Waals surface area contributed by atoms with E-state index in [1.54, 1.807) is 26.4 Å². The first-order valence-corrected chi connectivity index (χ1v) is 6.45.